The summed E-state index contributed by atoms with van der Waals surface area (Å²) in [6, 6.07) is 14.0. The minimum Gasteiger partial charge on any atom is -0.0613 e. The second kappa shape index (κ2) is 7.45. The fourth-order valence-electron chi connectivity index (χ4n) is 3.01. The van der Waals surface area contributed by atoms with E-state index in [9.17, 15) is 0 Å². The molecule has 0 aliphatic rings. The lowest BCUT2D eigenvalue weighted by Crippen LogP contribution is -2.00. The van der Waals surface area contributed by atoms with Crippen LogP contribution >= 0.6 is 0 Å². The number of hydrogen-bond acceptors (Lipinski definition) is 0. The fourth-order valence-corrected chi connectivity index (χ4v) is 3.01. The Bertz CT molecular complexity index is 539. The molecule has 2 aromatic rings. The molecule has 0 N–H and O–H groups in total. The third kappa shape index (κ3) is 3.75. The molecule has 0 atom stereocenters. The summed E-state index contributed by atoms with van der Waals surface area (Å²) in [6.07, 6.45) is 5.56. The van der Waals surface area contributed by atoms with Crippen LogP contribution in [0.25, 0.3) is 0 Å². The molecule has 0 bridgehead atoms. The average Bonchev–Trinajstić information content (AvgIpc) is 2.55. The first-order valence-electron chi connectivity index (χ1n) is 8.43. The summed E-state index contributed by atoms with van der Waals surface area (Å²) in [5.41, 5.74) is 8.91. The minimum absolute atomic E-state index is 1.07. The molecular formula is C21H28. The van der Waals surface area contributed by atoms with Gasteiger partial charge in [0.1, 0.15) is 0 Å². The normalized spacial score (nSPS) is 10.9. The largest absolute Gasteiger partial charge is 0.0613 e. The highest BCUT2D eigenvalue weighted by Crippen LogP contribution is 2.21. The van der Waals surface area contributed by atoms with E-state index in [4.69, 9.17) is 0 Å². The van der Waals surface area contributed by atoms with Crippen LogP contribution in [0.15, 0.2) is 36.4 Å². The molecule has 0 nitrogen and oxygen atoms in total. The van der Waals surface area contributed by atoms with Crippen LogP contribution in [-0.2, 0) is 32.1 Å². The van der Waals surface area contributed by atoms with E-state index < -0.39 is 0 Å². The van der Waals surface area contributed by atoms with Crippen LogP contribution in [0.1, 0.15) is 61.1 Å². The first kappa shape index (κ1) is 15.8. The lowest BCUT2D eigenvalue weighted by Gasteiger charge is -2.14. The van der Waals surface area contributed by atoms with Crippen molar-refractivity contribution in [3.8, 4) is 0 Å². The van der Waals surface area contributed by atoms with Crippen molar-refractivity contribution in [1.82, 2.24) is 0 Å². The highest BCUT2D eigenvalue weighted by molar-refractivity contribution is 5.40. The number of aryl methyl sites for hydroxylation is 4. The Morgan fingerprint density at radius 1 is 0.524 bits per heavy atom. The van der Waals surface area contributed by atoms with Crippen molar-refractivity contribution >= 4 is 0 Å². The van der Waals surface area contributed by atoms with Crippen LogP contribution in [0.2, 0.25) is 0 Å². The van der Waals surface area contributed by atoms with Crippen LogP contribution in [0, 0.1) is 0 Å². The second-order valence-corrected chi connectivity index (χ2v) is 5.80. The summed E-state index contributed by atoms with van der Waals surface area (Å²) in [7, 11) is 0. The summed E-state index contributed by atoms with van der Waals surface area (Å²) in [5.74, 6) is 0. The molecule has 0 aliphatic carbocycles. The van der Waals surface area contributed by atoms with E-state index in [1.807, 2.05) is 0 Å². The lowest BCUT2D eigenvalue weighted by atomic mass is 9.92. The van der Waals surface area contributed by atoms with Gasteiger partial charge in [-0.2, -0.15) is 0 Å². The molecule has 112 valence electrons. The van der Waals surface area contributed by atoms with Crippen LogP contribution in [0.5, 0.6) is 0 Å². The highest BCUT2D eigenvalue weighted by Gasteiger charge is 2.07. The van der Waals surface area contributed by atoms with Crippen molar-refractivity contribution in [2.24, 2.45) is 0 Å². The Morgan fingerprint density at radius 3 is 1.29 bits per heavy atom. The summed E-state index contributed by atoms with van der Waals surface area (Å²) >= 11 is 0. The van der Waals surface area contributed by atoms with Gasteiger partial charge in [-0.15, -0.1) is 0 Å². The lowest BCUT2D eigenvalue weighted by molar-refractivity contribution is 1.000. The molecule has 21 heavy (non-hydrogen) atoms. The van der Waals surface area contributed by atoms with Crippen LogP contribution in [0.3, 0.4) is 0 Å². The van der Waals surface area contributed by atoms with Crippen molar-refractivity contribution in [3.05, 3.63) is 69.8 Å². The van der Waals surface area contributed by atoms with E-state index in [1.165, 1.54) is 33.4 Å². The summed E-state index contributed by atoms with van der Waals surface area (Å²) in [5, 5.41) is 0. The van der Waals surface area contributed by atoms with E-state index in [0.717, 1.165) is 32.1 Å². The third-order valence-electron chi connectivity index (χ3n) is 4.50. The van der Waals surface area contributed by atoms with Gasteiger partial charge in [0.25, 0.3) is 0 Å². The number of rotatable bonds is 6. The fraction of sp³-hybridized carbons (Fsp3) is 0.429. The number of benzene rings is 2. The van der Waals surface area contributed by atoms with Gasteiger partial charge in [-0.05, 0) is 65.5 Å². The first-order chi connectivity index (χ1) is 10.2. The monoisotopic (exact) mass is 280 g/mol. The third-order valence-corrected chi connectivity index (χ3v) is 4.50. The van der Waals surface area contributed by atoms with Gasteiger partial charge in [-0.1, -0.05) is 64.1 Å². The smallest absolute Gasteiger partial charge is 0.00203 e. The van der Waals surface area contributed by atoms with Gasteiger partial charge in [0.2, 0.25) is 0 Å². The van der Waals surface area contributed by atoms with Crippen molar-refractivity contribution in [2.45, 2.75) is 59.8 Å². The van der Waals surface area contributed by atoms with E-state index in [2.05, 4.69) is 64.1 Å². The topological polar surface area (TPSA) is 0 Å². The van der Waals surface area contributed by atoms with Crippen molar-refractivity contribution in [1.29, 1.82) is 0 Å². The minimum atomic E-state index is 1.07. The molecule has 0 heteroatoms. The molecule has 0 fully saturated rings. The Balaban J connectivity index is 2.33. The van der Waals surface area contributed by atoms with Crippen LogP contribution < -0.4 is 0 Å². The zero-order chi connectivity index (χ0) is 15.2. The molecule has 0 aromatic heterocycles. The van der Waals surface area contributed by atoms with Gasteiger partial charge in [0.05, 0.1) is 0 Å². The van der Waals surface area contributed by atoms with Crippen molar-refractivity contribution in [2.75, 3.05) is 0 Å². The Labute approximate surface area is 130 Å². The first-order valence-corrected chi connectivity index (χ1v) is 8.43. The van der Waals surface area contributed by atoms with Gasteiger partial charge < -0.3 is 0 Å². The number of hydrogen-bond donors (Lipinski definition) is 0. The second-order valence-electron chi connectivity index (χ2n) is 5.80. The van der Waals surface area contributed by atoms with Gasteiger partial charge in [0, 0.05) is 0 Å². The molecule has 0 radical (unpaired) electrons. The molecule has 2 aromatic carbocycles. The maximum atomic E-state index is 2.39. The molecule has 0 amide bonds. The molecule has 0 spiro atoms. The summed E-state index contributed by atoms with van der Waals surface area (Å²) in [4.78, 5) is 0. The Morgan fingerprint density at radius 2 is 0.952 bits per heavy atom. The van der Waals surface area contributed by atoms with E-state index in [1.54, 1.807) is 0 Å². The Kier molecular flexibility index (Phi) is 5.61. The predicted octanol–water partition coefficient (Wildman–Crippen LogP) is 5.53. The van der Waals surface area contributed by atoms with Crippen molar-refractivity contribution in [3.63, 3.8) is 0 Å². The maximum Gasteiger partial charge on any atom is -0.00203 e. The average molecular weight is 280 g/mol. The maximum absolute atomic E-state index is 2.39. The molecular weight excluding hydrogens is 252 g/mol. The quantitative estimate of drug-likeness (QED) is 0.653. The summed E-state index contributed by atoms with van der Waals surface area (Å²) < 4.78 is 0. The zero-order valence-corrected chi connectivity index (χ0v) is 14.0. The highest BCUT2D eigenvalue weighted by atomic mass is 14.1. The predicted molar refractivity (Wildman–Crippen MR) is 93.2 cm³/mol. The van der Waals surface area contributed by atoms with Crippen LogP contribution in [-0.4, -0.2) is 0 Å². The van der Waals surface area contributed by atoms with E-state index >= 15 is 0 Å². The van der Waals surface area contributed by atoms with E-state index in [-0.39, 0.29) is 0 Å². The van der Waals surface area contributed by atoms with Gasteiger partial charge >= 0.3 is 0 Å². The molecule has 2 rings (SSSR count). The molecule has 0 unspecified atom stereocenters. The zero-order valence-electron chi connectivity index (χ0n) is 14.0. The standard InChI is InChI=1S/C21H28/c1-5-16-9-11-20(18(7-3)13-16)15-21-12-10-17(6-2)14-19(21)8-4/h9-14H,5-8,15H2,1-4H3. The SMILES string of the molecule is CCc1ccc(Cc2ccc(CC)cc2CC)c(CC)c1. The van der Waals surface area contributed by atoms with Crippen molar-refractivity contribution < 1.29 is 0 Å². The molecule has 0 saturated carbocycles. The summed E-state index contributed by atoms with van der Waals surface area (Å²) in [6.45, 7) is 8.98. The van der Waals surface area contributed by atoms with Gasteiger partial charge in [-0.3, -0.25) is 0 Å². The van der Waals surface area contributed by atoms with Gasteiger partial charge in [0.15, 0.2) is 0 Å². The van der Waals surface area contributed by atoms with Gasteiger partial charge in [-0.25, -0.2) is 0 Å². The molecule has 0 aliphatic heterocycles. The Hall–Kier alpha value is -1.56. The van der Waals surface area contributed by atoms with E-state index in [0.29, 0.717) is 0 Å². The molecule has 0 saturated heterocycles. The molecule has 0 heterocycles. The van der Waals surface area contributed by atoms with Crippen LogP contribution in [0.4, 0.5) is 0 Å².